The summed E-state index contributed by atoms with van der Waals surface area (Å²) >= 11 is 1.48. The van der Waals surface area contributed by atoms with E-state index in [2.05, 4.69) is 28.2 Å². The molecule has 3 N–H and O–H groups in total. The minimum Gasteiger partial charge on any atom is -0.463 e. The van der Waals surface area contributed by atoms with E-state index in [1.54, 1.807) is 6.07 Å². The molecule has 1 aliphatic heterocycles. The molecule has 2 aromatic rings. The van der Waals surface area contributed by atoms with Gasteiger partial charge in [0, 0.05) is 16.8 Å². The largest absolute Gasteiger partial charge is 0.463 e. The van der Waals surface area contributed by atoms with Gasteiger partial charge >= 0.3 is 0 Å². The maximum Gasteiger partial charge on any atom is 0.246 e. The summed E-state index contributed by atoms with van der Waals surface area (Å²) in [7, 11) is -3.24. The smallest absolute Gasteiger partial charge is 0.246 e. The van der Waals surface area contributed by atoms with Crippen molar-refractivity contribution in [3.05, 3.63) is 47.0 Å². The Morgan fingerprint density at radius 1 is 1.26 bits per heavy atom. The highest BCUT2D eigenvalue weighted by Crippen LogP contribution is 2.47. The van der Waals surface area contributed by atoms with Crippen LogP contribution in [0.4, 0.5) is 11.5 Å². The number of hydrogen-bond donors (Lipinski definition) is 2. The number of aliphatic imine (C=N–C) groups is 1. The fourth-order valence-electron chi connectivity index (χ4n) is 5.38. The molecule has 0 amide bonds. The van der Waals surface area contributed by atoms with Crippen LogP contribution < -0.4 is 15.8 Å². The van der Waals surface area contributed by atoms with Crippen molar-refractivity contribution in [1.29, 1.82) is 0 Å². The Morgan fingerprint density at radius 3 is 2.74 bits per heavy atom. The first-order valence-corrected chi connectivity index (χ1v) is 14.6. The van der Waals surface area contributed by atoms with E-state index in [1.807, 2.05) is 24.6 Å². The van der Waals surface area contributed by atoms with Crippen LogP contribution in [-0.2, 0) is 4.57 Å². The molecule has 3 heterocycles. The average Bonchev–Trinajstić information content (AvgIpc) is 3.35. The fourth-order valence-corrected chi connectivity index (χ4v) is 8.42. The van der Waals surface area contributed by atoms with Crippen molar-refractivity contribution in [2.24, 2.45) is 22.7 Å². The molecule has 180 valence electrons. The second-order valence-electron chi connectivity index (χ2n) is 10.1. The van der Waals surface area contributed by atoms with Gasteiger partial charge in [-0.1, -0.05) is 18.2 Å². The lowest BCUT2D eigenvalue weighted by atomic mass is 9.73. The van der Waals surface area contributed by atoms with Crippen molar-refractivity contribution in [2.45, 2.75) is 51.6 Å². The third kappa shape index (κ3) is 4.64. The zero-order valence-electron chi connectivity index (χ0n) is 19.6. The molecule has 2 aromatic heterocycles. The van der Waals surface area contributed by atoms with Crippen LogP contribution in [0.25, 0.3) is 0 Å². The summed E-state index contributed by atoms with van der Waals surface area (Å²) in [6, 6.07) is 1.79. The molecule has 0 radical (unpaired) electrons. The van der Waals surface area contributed by atoms with E-state index in [9.17, 15) is 9.46 Å². The van der Waals surface area contributed by atoms with Crippen LogP contribution in [-0.4, -0.2) is 32.3 Å². The number of allylic oxidation sites excluding steroid dienone is 3. The zero-order valence-corrected chi connectivity index (χ0v) is 21.3. The van der Waals surface area contributed by atoms with Gasteiger partial charge in [-0.3, -0.25) is 4.57 Å². The van der Waals surface area contributed by atoms with Gasteiger partial charge in [-0.05, 0) is 80.7 Å². The van der Waals surface area contributed by atoms with Crippen LogP contribution in [0.3, 0.4) is 0 Å². The van der Waals surface area contributed by atoms with Crippen LogP contribution in [0.1, 0.15) is 46.0 Å². The highest BCUT2D eigenvalue weighted by Gasteiger charge is 2.37. The molecule has 0 bridgehead atoms. The Bertz CT molecular complexity index is 1200. The van der Waals surface area contributed by atoms with Gasteiger partial charge in [0.2, 0.25) is 13.2 Å². The first-order valence-electron chi connectivity index (χ1n) is 11.8. The molecule has 7 nitrogen and oxygen atoms in total. The van der Waals surface area contributed by atoms with Gasteiger partial charge in [-0.2, -0.15) is 16.3 Å². The number of aromatic nitrogens is 2. The summed E-state index contributed by atoms with van der Waals surface area (Å²) in [5, 5.41) is 4.30. The van der Waals surface area contributed by atoms with Gasteiger partial charge in [-0.25, -0.2) is 9.98 Å². The second kappa shape index (κ2) is 9.06. The van der Waals surface area contributed by atoms with E-state index in [4.69, 9.17) is 15.5 Å². The van der Waals surface area contributed by atoms with Crippen molar-refractivity contribution in [3.63, 3.8) is 0 Å². The van der Waals surface area contributed by atoms with Crippen molar-refractivity contribution in [2.75, 3.05) is 11.9 Å². The Hall–Kier alpha value is -2.28. The number of nitrogens with zero attached hydrogens (tertiary/aromatic N) is 3. The average molecular weight is 499 g/mol. The monoisotopic (exact) mass is 498 g/mol. The highest BCUT2D eigenvalue weighted by molar-refractivity contribution is 7.66. The minimum absolute atomic E-state index is 0.319. The van der Waals surface area contributed by atoms with Crippen molar-refractivity contribution in [1.82, 2.24) is 9.97 Å². The number of nitrogen functional groups attached to an aromatic ring is 1. The number of ether oxygens (including phenoxy) is 1. The Morgan fingerprint density at radius 2 is 2.06 bits per heavy atom. The lowest BCUT2D eigenvalue weighted by Crippen LogP contribution is -2.41. The summed E-state index contributed by atoms with van der Waals surface area (Å²) < 4.78 is 18.9. The molecule has 2 atom stereocenters. The van der Waals surface area contributed by atoms with E-state index in [0.717, 1.165) is 43.4 Å². The standard InChI is InChI=1S/C25H31N4O3PS/c1-25(2)22(29-21-23(26)27-15-28-24(21)32-25)19-9-7-18(8-10-19)17-5-3-16(4-6-17)13-33(30,31)20-11-12-34-14-20/h7,9-12,14-18H,3-6,8,13H2,1-2H3,(H,30,31)(H2,26,27,28)/t16-,17-,18?. The molecule has 1 saturated carbocycles. The SMILES string of the molecule is CC1(C)Oc2ncnc(N)c2N=C1C1=CCC([C@H]2CC[C@H](CP(=O)(O)c3ccsc3)CC2)C=C1. The summed E-state index contributed by atoms with van der Waals surface area (Å²) in [6.07, 6.45) is 13.7. The van der Waals surface area contributed by atoms with E-state index in [-0.39, 0.29) is 0 Å². The summed E-state index contributed by atoms with van der Waals surface area (Å²) in [5.74, 6) is 2.15. The maximum atomic E-state index is 12.8. The van der Waals surface area contributed by atoms with Crippen molar-refractivity contribution < 1.29 is 14.2 Å². The zero-order chi connectivity index (χ0) is 23.9. The van der Waals surface area contributed by atoms with E-state index in [1.165, 1.54) is 17.7 Å². The van der Waals surface area contributed by atoms with Crippen molar-refractivity contribution >= 4 is 41.2 Å². The Kier molecular flexibility index (Phi) is 6.25. The number of rotatable bonds is 5. The molecule has 2 unspecified atom stereocenters. The summed E-state index contributed by atoms with van der Waals surface area (Å²) in [6.45, 7) is 3.98. The first kappa shape index (κ1) is 23.5. The molecule has 3 aliphatic rings. The molecule has 0 saturated heterocycles. The normalized spacial score (nSPS) is 27.7. The third-order valence-corrected chi connectivity index (χ3v) is 10.2. The Labute approximate surface area is 204 Å². The predicted molar refractivity (Wildman–Crippen MR) is 138 cm³/mol. The lowest BCUT2D eigenvalue weighted by molar-refractivity contribution is 0.171. The molecule has 9 heteroatoms. The number of hydrogen-bond acceptors (Lipinski definition) is 7. The molecule has 5 rings (SSSR count). The van der Waals surface area contributed by atoms with Gasteiger partial charge in [0.15, 0.2) is 11.5 Å². The van der Waals surface area contributed by atoms with Crippen LogP contribution >= 0.6 is 18.7 Å². The molecule has 34 heavy (non-hydrogen) atoms. The fraction of sp³-hybridized carbons (Fsp3) is 0.480. The topological polar surface area (TPSA) is 111 Å². The van der Waals surface area contributed by atoms with Crippen LogP contribution in [0, 0.1) is 17.8 Å². The number of fused-ring (bicyclic) bond motifs is 1. The van der Waals surface area contributed by atoms with Crippen molar-refractivity contribution in [3.8, 4) is 5.88 Å². The Balaban J connectivity index is 1.22. The summed E-state index contributed by atoms with van der Waals surface area (Å²) in [5.41, 5.74) is 7.79. The van der Waals surface area contributed by atoms with E-state index >= 15 is 0 Å². The van der Waals surface area contributed by atoms with Crippen LogP contribution in [0.2, 0.25) is 0 Å². The molecule has 0 spiro atoms. The number of nitrogens with two attached hydrogens (primary N) is 1. The van der Waals surface area contributed by atoms with E-state index in [0.29, 0.717) is 46.6 Å². The van der Waals surface area contributed by atoms with E-state index < -0.39 is 13.0 Å². The summed E-state index contributed by atoms with van der Waals surface area (Å²) in [4.78, 5) is 23.5. The minimum atomic E-state index is -3.24. The van der Waals surface area contributed by atoms with Gasteiger partial charge in [0.25, 0.3) is 0 Å². The second-order valence-corrected chi connectivity index (χ2v) is 13.1. The first-order chi connectivity index (χ1) is 16.2. The third-order valence-electron chi connectivity index (χ3n) is 7.28. The van der Waals surface area contributed by atoms with Gasteiger partial charge < -0.3 is 15.4 Å². The highest BCUT2D eigenvalue weighted by atomic mass is 32.1. The number of thiophene rings is 1. The van der Waals surface area contributed by atoms with Gasteiger partial charge in [0.1, 0.15) is 11.9 Å². The number of anilines is 1. The molecule has 1 fully saturated rings. The quantitative estimate of drug-likeness (QED) is 0.544. The molecular weight excluding hydrogens is 467 g/mol. The molecule has 2 aliphatic carbocycles. The maximum absolute atomic E-state index is 12.8. The van der Waals surface area contributed by atoms with Gasteiger partial charge in [-0.15, -0.1) is 0 Å². The van der Waals surface area contributed by atoms with Gasteiger partial charge in [0.05, 0.1) is 5.71 Å². The molecule has 0 aromatic carbocycles. The van der Waals surface area contributed by atoms with Crippen LogP contribution in [0.15, 0.2) is 51.9 Å². The predicted octanol–water partition coefficient (Wildman–Crippen LogP) is 5.27. The lowest BCUT2D eigenvalue weighted by Gasteiger charge is -2.35. The van der Waals surface area contributed by atoms with Crippen LogP contribution in [0.5, 0.6) is 5.88 Å². The molecular formula is C25H31N4O3PS.